The molecule has 1 saturated heterocycles. The zero-order valence-electron chi connectivity index (χ0n) is 14.7. The summed E-state index contributed by atoms with van der Waals surface area (Å²) in [5.74, 6) is -1.73. The van der Waals surface area contributed by atoms with E-state index in [0.29, 0.717) is 11.1 Å². The molecule has 2 amide bonds. The van der Waals surface area contributed by atoms with Gasteiger partial charge in [0, 0.05) is 18.2 Å². The van der Waals surface area contributed by atoms with Crippen molar-refractivity contribution in [3.63, 3.8) is 0 Å². The lowest BCUT2D eigenvalue weighted by Crippen LogP contribution is -2.73. The van der Waals surface area contributed by atoms with E-state index in [-0.39, 0.29) is 16.8 Å². The van der Waals surface area contributed by atoms with Gasteiger partial charge < -0.3 is 15.3 Å². The van der Waals surface area contributed by atoms with Gasteiger partial charge in [0.15, 0.2) is 6.04 Å². The summed E-state index contributed by atoms with van der Waals surface area (Å²) < 4.78 is 0. The molecule has 9 heteroatoms. The Labute approximate surface area is 164 Å². The first-order valence-corrected chi connectivity index (χ1v) is 10.1. The van der Waals surface area contributed by atoms with E-state index in [9.17, 15) is 24.3 Å². The first-order chi connectivity index (χ1) is 12.8. The fourth-order valence-electron chi connectivity index (χ4n) is 2.97. The van der Waals surface area contributed by atoms with Gasteiger partial charge in [0.2, 0.25) is 16.9 Å². The largest absolute Gasteiger partial charge is 0.479 e. The molecule has 1 aromatic carbocycles. The first-order valence-electron chi connectivity index (χ1n) is 8.20. The summed E-state index contributed by atoms with van der Waals surface area (Å²) in [7, 11) is 0. The molecule has 2 heterocycles. The van der Waals surface area contributed by atoms with E-state index in [1.165, 1.54) is 23.6 Å². The zero-order chi connectivity index (χ0) is 19.7. The molecule has 27 heavy (non-hydrogen) atoms. The van der Waals surface area contributed by atoms with Gasteiger partial charge in [-0.1, -0.05) is 41.6 Å². The molecular weight excluding hydrogens is 388 g/mol. The van der Waals surface area contributed by atoms with E-state index in [1.807, 2.05) is 19.1 Å². The molecular formula is C18H18N2O5S2. The van der Waals surface area contributed by atoms with Crippen molar-refractivity contribution < 1.29 is 24.3 Å². The topological polar surface area (TPSA) is 104 Å². The van der Waals surface area contributed by atoms with E-state index < -0.39 is 29.3 Å². The predicted molar refractivity (Wildman–Crippen MR) is 103 cm³/mol. The second-order valence-corrected chi connectivity index (χ2v) is 8.27. The third-order valence-electron chi connectivity index (χ3n) is 4.32. The van der Waals surface area contributed by atoms with Crippen LogP contribution in [-0.2, 0) is 14.4 Å². The number of hydrogen-bond donors (Lipinski definition) is 2. The van der Waals surface area contributed by atoms with Crippen molar-refractivity contribution in [2.24, 2.45) is 0 Å². The van der Waals surface area contributed by atoms with Gasteiger partial charge in [0.25, 0.3) is 0 Å². The number of benzene rings is 1. The fraction of sp³-hybridized carbons (Fsp3) is 0.333. The highest BCUT2D eigenvalue weighted by Gasteiger charge is 2.55. The SMILES string of the molecule is CC(=O)NC1C(=O)N2C(C(=O)O)C(CSC(=O)c3ccc(C)cc3)=CS[C@@H]12. The van der Waals surface area contributed by atoms with Crippen molar-refractivity contribution >= 4 is 46.4 Å². The van der Waals surface area contributed by atoms with E-state index in [1.54, 1.807) is 17.5 Å². The Bertz CT molecular complexity index is 837. The molecule has 0 saturated carbocycles. The smallest absolute Gasteiger partial charge is 0.330 e. The maximum Gasteiger partial charge on any atom is 0.330 e. The highest BCUT2D eigenvalue weighted by molar-refractivity contribution is 8.14. The molecule has 7 nitrogen and oxygen atoms in total. The van der Waals surface area contributed by atoms with Crippen LogP contribution in [0.1, 0.15) is 22.8 Å². The van der Waals surface area contributed by atoms with Crippen LogP contribution in [-0.4, -0.2) is 56.1 Å². The van der Waals surface area contributed by atoms with Crippen molar-refractivity contribution in [1.82, 2.24) is 10.2 Å². The second kappa shape index (κ2) is 7.77. The van der Waals surface area contributed by atoms with Gasteiger partial charge in [-0.2, -0.15) is 0 Å². The monoisotopic (exact) mass is 406 g/mol. The normalized spacial score (nSPS) is 23.8. The van der Waals surface area contributed by atoms with Crippen LogP contribution < -0.4 is 5.32 Å². The number of thioether (sulfide) groups is 2. The number of carboxylic acids is 1. The fourth-order valence-corrected chi connectivity index (χ4v) is 5.14. The van der Waals surface area contributed by atoms with Crippen LogP contribution in [0.4, 0.5) is 0 Å². The minimum absolute atomic E-state index is 0.154. The quantitative estimate of drug-likeness (QED) is 0.716. The molecule has 0 radical (unpaired) electrons. The summed E-state index contributed by atoms with van der Waals surface area (Å²) in [5.41, 5.74) is 2.08. The summed E-state index contributed by atoms with van der Waals surface area (Å²) in [6, 6.07) is 5.32. The Morgan fingerprint density at radius 1 is 1.26 bits per heavy atom. The van der Waals surface area contributed by atoms with Gasteiger partial charge in [-0.3, -0.25) is 14.4 Å². The van der Waals surface area contributed by atoms with Crippen LogP contribution in [0, 0.1) is 6.92 Å². The number of fused-ring (bicyclic) bond motifs is 1. The number of carboxylic acid groups (broad SMARTS) is 1. The highest BCUT2D eigenvalue weighted by atomic mass is 32.2. The van der Waals surface area contributed by atoms with Crippen LogP contribution in [0.3, 0.4) is 0 Å². The van der Waals surface area contributed by atoms with Gasteiger partial charge in [-0.05, 0) is 17.9 Å². The molecule has 0 aromatic heterocycles. The Morgan fingerprint density at radius 2 is 1.93 bits per heavy atom. The zero-order valence-corrected chi connectivity index (χ0v) is 16.3. The molecule has 0 spiro atoms. The standard InChI is InChI=1S/C18H18N2O5S2/c1-9-3-5-11(6-4-9)18(25)27-8-12-7-26-16-13(19-10(2)21)15(22)20(16)14(12)17(23)24/h3-7,13-14,16H,8H2,1-2H3,(H,19,21)(H,23,24)/t13?,14?,16-/m0/s1. The minimum Gasteiger partial charge on any atom is -0.479 e. The molecule has 142 valence electrons. The molecule has 1 fully saturated rings. The van der Waals surface area contributed by atoms with Gasteiger partial charge in [0.1, 0.15) is 11.4 Å². The third-order valence-corrected chi connectivity index (χ3v) is 6.51. The number of aliphatic carboxylic acids is 1. The van der Waals surface area contributed by atoms with Gasteiger partial charge in [-0.25, -0.2) is 4.79 Å². The van der Waals surface area contributed by atoms with Crippen LogP contribution in [0.2, 0.25) is 0 Å². The highest BCUT2D eigenvalue weighted by Crippen LogP contribution is 2.41. The molecule has 2 N–H and O–H groups in total. The lowest BCUT2D eigenvalue weighted by atomic mass is 9.99. The predicted octanol–water partition coefficient (Wildman–Crippen LogP) is 1.63. The number of carbonyl (C=O) groups excluding carboxylic acids is 3. The van der Waals surface area contributed by atoms with E-state index in [2.05, 4.69) is 5.32 Å². The number of carbonyl (C=O) groups is 4. The van der Waals surface area contributed by atoms with Crippen LogP contribution in [0.5, 0.6) is 0 Å². The summed E-state index contributed by atoms with van der Waals surface area (Å²) >= 11 is 2.30. The van der Waals surface area contributed by atoms with E-state index >= 15 is 0 Å². The number of nitrogens with one attached hydrogen (secondary N) is 1. The van der Waals surface area contributed by atoms with Crippen molar-refractivity contribution in [2.75, 3.05) is 5.75 Å². The van der Waals surface area contributed by atoms with Gasteiger partial charge in [0.05, 0.1) is 0 Å². The summed E-state index contributed by atoms with van der Waals surface area (Å²) in [4.78, 5) is 48.9. The third kappa shape index (κ3) is 3.89. The lowest BCUT2D eigenvalue weighted by molar-refractivity contribution is -0.159. The van der Waals surface area contributed by atoms with Crippen LogP contribution in [0.25, 0.3) is 0 Å². The number of β-lactam (4-membered cyclic amide) rings is 1. The minimum atomic E-state index is -1.15. The Balaban J connectivity index is 1.71. The van der Waals surface area contributed by atoms with Crippen molar-refractivity contribution in [3.05, 3.63) is 46.4 Å². The molecule has 3 rings (SSSR count). The number of rotatable bonds is 5. The Morgan fingerprint density at radius 3 is 2.52 bits per heavy atom. The van der Waals surface area contributed by atoms with Crippen molar-refractivity contribution in [2.45, 2.75) is 31.3 Å². The second-order valence-electron chi connectivity index (χ2n) is 6.33. The molecule has 2 unspecified atom stereocenters. The number of hydrogen-bond acceptors (Lipinski definition) is 6. The molecule has 2 aliphatic heterocycles. The number of aryl methyl sites for hydroxylation is 1. The summed E-state index contributed by atoms with van der Waals surface area (Å²) in [6.07, 6.45) is 0. The first kappa shape index (κ1) is 19.5. The van der Waals surface area contributed by atoms with Crippen molar-refractivity contribution in [1.29, 1.82) is 0 Å². The summed E-state index contributed by atoms with van der Waals surface area (Å²) in [5, 5.41) is 13.2. The Hall–Kier alpha value is -2.26. The van der Waals surface area contributed by atoms with E-state index in [4.69, 9.17) is 0 Å². The molecule has 0 bridgehead atoms. The molecule has 2 aliphatic rings. The number of amides is 2. The Kier molecular flexibility index (Phi) is 5.61. The maximum absolute atomic E-state index is 12.3. The van der Waals surface area contributed by atoms with Crippen molar-refractivity contribution in [3.8, 4) is 0 Å². The lowest BCUT2D eigenvalue weighted by Gasteiger charge is -2.51. The van der Waals surface area contributed by atoms with Crippen LogP contribution in [0.15, 0.2) is 35.2 Å². The van der Waals surface area contributed by atoms with Crippen LogP contribution >= 0.6 is 23.5 Å². The molecule has 3 atom stereocenters. The molecule has 1 aromatic rings. The number of nitrogens with zero attached hydrogens (tertiary/aromatic N) is 1. The summed E-state index contributed by atoms with van der Waals surface area (Å²) in [6.45, 7) is 3.24. The van der Waals surface area contributed by atoms with Gasteiger partial charge in [-0.15, -0.1) is 11.8 Å². The van der Waals surface area contributed by atoms with E-state index in [0.717, 1.165) is 17.3 Å². The van der Waals surface area contributed by atoms with Gasteiger partial charge >= 0.3 is 5.97 Å². The average Bonchev–Trinajstić information content (AvgIpc) is 2.63. The maximum atomic E-state index is 12.3. The molecule has 0 aliphatic carbocycles. The average molecular weight is 406 g/mol.